The van der Waals surface area contributed by atoms with Crippen molar-refractivity contribution in [3.8, 4) is 0 Å². The van der Waals surface area contributed by atoms with E-state index >= 15 is 0 Å². The molecule has 1 fully saturated rings. The Morgan fingerprint density at radius 3 is 2.83 bits per heavy atom. The molecule has 1 aromatic rings. The summed E-state index contributed by atoms with van der Waals surface area (Å²) in [7, 11) is 0. The molecule has 0 bridgehead atoms. The van der Waals surface area contributed by atoms with E-state index in [4.69, 9.17) is 17.3 Å². The number of hydrogen-bond donors (Lipinski definition) is 2. The summed E-state index contributed by atoms with van der Waals surface area (Å²) in [5, 5.41) is 3.46. The summed E-state index contributed by atoms with van der Waals surface area (Å²) < 4.78 is 0. The topological polar surface area (TPSA) is 75.4 Å². The fourth-order valence-corrected chi connectivity index (χ4v) is 3.69. The second-order valence-electron chi connectivity index (χ2n) is 5.48. The molecule has 0 aliphatic carbocycles. The van der Waals surface area contributed by atoms with E-state index in [1.807, 2.05) is 24.3 Å². The SMILES string of the molecule is Cl.NCCNC(=O)C1CCCN(C(=O)CSc2ccccc2Cl)C1. The van der Waals surface area contributed by atoms with Crippen LogP contribution in [0.5, 0.6) is 0 Å². The van der Waals surface area contributed by atoms with Crippen molar-refractivity contribution in [2.45, 2.75) is 17.7 Å². The summed E-state index contributed by atoms with van der Waals surface area (Å²) in [6.07, 6.45) is 1.67. The third-order valence-corrected chi connectivity index (χ3v) is 5.28. The Bertz CT molecular complexity index is 560. The van der Waals surface area contributed by atoms with Crippen LogP contribution < -0.4 is 11.1 Å². The number of likely N-dealkylation sites (tertiary alicyclic amines) is 1. The molecule has 1 unspecified atom stereocenters. The number of piperidine rings is 1. The molecular weight excluding hydrogens is 369 g/mol. The number of amides is 2. The predicted octanol–water partition coefficient (Wildman–Crippen LogP) is 2.17. The molecule has 8 heteroatoms. The largest absolute Gasteiger partial charge is 0.355 e. The fourth-order valence-electron chi connectivity index (χ4n) is 2.55. The van der Waals surface area contributed by atoms with Crippen LogP contribution in [0.1, 0.15) is 12.8 Å². The summed E-state index contributed by atoms with van der Waals surface area (Å²) in [4.78, 5) is 27.1. The molecule has 2 amide bonds. The molecule has 1 aromatic carbocycles. The van der Waals surface area contributed by atoms with Crippen LogP contribution in [-0.2, 0) is 9.59 Å². The average molecular weight is 392 g/mol. The minimum Gasteiger partial charge on any atom is -0.355 e. The molecular formula is C16H23Cl2N3O2S. The van der Waals surface area contributed by atoms with E-state index in [0.29, 0.717) is 37.0 Å². The van der Waals surface area contributed by atoms with E-state index in [2.05, 4.69) is 5.32 Å². The molecule has 0 radical (unpaired) electrons. The Kier molecular flexibility index (Phi) is 9.51. The predicted molar refractivity (Wildman–Crippen MR) is 101 cm³/mol. The van der Waals surface area contributed by atoms with Crippen molar-refractivity contribution >= 4 is 47.6 Å². The first-order valence-electron chi connectivity index (χ1n) is 7.74. The van der Waals surface area contributed by atoms with E-state index in [-0.39, 0.29) is 30.1 Å². The van der Waals surface area contributed by atoms with E-state index in [9.17, 15) is 9.59 Å². The Morgan fingerprint density at radius 1 is 1.38 bits per heavy atom. The van der Waals surface area contributed by atoms with Gasteiger partial charge in [-0.1, -0.05) is 23.7 Å². The van der Waals surface area contributed by atoms with Crippen LogP contribution in [0.4, 0.5) is 0 Å². The number of carbonyl (C=O) groups excluding carboxylic acids is 2. The highest BCUT2D eigenvalue weighted by molar-refractivity contribution is 8.00. The standard InChI is InChI=1S/C16H22ClN3O2S.ClH/c17-13-5-1-2-6-14(13)23-11-15(21)20-9-3-4-12(10-20)16(22)19-8-7-18;/h1-2,5-6,12H,3-4,7-11,18H2,(H,19,22);1H. The number of carbonyl (C=O) groups is 2. The van der Waals surface area contributed by atoms with Crippen molar-refractivity contribution in [2.24, 2.45) is 11.7 Å². The number of nitrogens with zero attached hydrogens (tertiary/aromatic N) is 1. The number of thioether (sulfide) groups is 1. The van der Waals surface area contributed by atoms with Crippen LogP contribution in [0.2, 0.25) is 5.02 Å². The van der Waals surface area contributed by atoms with Gasteiger partial charge in [0.1, 0.15) is 0 Å². The van der Waals surface area contributed by atoms with Gasteiger partial charge >= 0.3 is 0 Å². The lowest BCUT2D eigenvalue weighted by Gasteiger charge is -2.32. The first-order valence-corrected chi connectivity index (χ1v) is 9.11. The van der Waals surface area contributed by atoms with Gasteiger partial charge in [0, 0.05) is 31.1 Å². The van der Waals surface area contributed by atoms with Gasteiger partial charge < -0.3 is 16.0 Å². The molecule has 1 aliphatic rings. The average Bonchev–Trinajstić information content (AvgIpc) is 2.58. The molecule has 1 heterocycles. The molecule has 134 valence electrons. The fraction of sp³-hybridized carbons (Fsp3) is 0.500. The first-order chi connectivity index (χ1) is 11.1. The second-order valence-corrected chi connectivity index (χ2v) is 6.90. The van der Waals surface area contributed by atoms with Gasteiger partial charge in [-0.15, -0.1) is 24.2 Å². The molecule has 1 saturated heterocycles. The third kappa shape index (κ3) is 6.16. The van der Waals surface area contributed by atoms with E-state index in [1.165, 1.54) is 11.8 Å². The van der Waals surface area contributed by atoms with Gasteiger partial charge in [0.25, 0.3) is 0 Å². The smallest absolute Gasteiger partial charge is 0.232 e. The maximum atomic E-state index is 12.4. The van der Waals surface area contributed by atoms with Gasteiger partial charge in [-0.25, -0.2) is 0 Å². The molecule has 0 aromatic heterocycles. The first kappa shape index (κ1) is 21.1. The third-order valence-electron chi connectivity index (χ3n) is 3.78. The van der Waals surface area contributed by atoms with Gasteiger partial charge in [-0.3, -0.25) is 9.59 Å². The number of halogens is 2. The van der Waals surface area contributed by atoms with Crippen molar-refractivity contribution in [3.63, 3.8) is 0 Å². The highest BCUT2D eigenvalue weighted by Gasteiger charge is 2.28. The highest BCUT2D eigenvalue weighted by Crippen LogP contribution is 2.27. The lowest BCUT2D eigenvalue weighted by molar-refractivity contribution is -0.133. The maximum absolute atomic E-state index is 12.4. The summed E-state index contributed by atoms with van der Waals surface area (Å²) in [6.45, 7) is 2.10. The molecule has 1 aliphatic heterocycles. The maximum Gasteiger partial charge on any atom is 0.232 e. The Labute approximate surface area is 158 Å². The van der Waals surface area contributed by atoms with Crippen molar-refractivity contribution in [1.29, 1.82) is 0 Å². The van der Waals surface area contributed by atoms with Gasteiger partial charge in [0.2, 0.25) is 11.8 Å². The van der Waals surface area contributed by atoms with Crippen molar-refractivity contribution < 1.29 is 9.59 Å². The van der Waals surface area contributed by atoms with Crippen LogP contribution in [0.3, 0.4) is 0 Å². The molecule has 1 atom stereocenters. The van der Waals surface area contributed by atoms with Crippen LogP contribution >= 0.6 is 35.8 Å². The highest BCUT2D eigenvalue weighted by atomic mass is 35.5. The van der Waals surface area contributed by atoms with Crippen LogP contribution in [0.15, 0.2) is 29.2 Å². The summed E-state index contributed by atoms with van der Waals surface area (Å²) in [5.74, 6) is 0.239. The van der Waals surface area contributed by atoms with Gasteiger partial charge in [-0.2, -0.15) is 0 Å². The van der Waals surface area contributed by atoms with Crippen molar-refractivity contribution in [1.82, 2.24) is 10.2 Å². The van der Waals surface area contributed by atoms with Gasteiger partial charge in [0.15, 0.2) is 0 Å². The lowest BCUT2D eigenvalue weighted by atomic mass is 9.97. The van der Waals surface area contributed by atoms with E-state index in [1.54, 1.807) is 4.90 Å². The Balaban J connectivity index is 0.00000288. The van der Waals surface area contributed by atoms with Crippen LogP contribution in [-0.4, -0.2) is 48.6 Å². The van der Waals surface area contributed by atoms with Crippen molar-refractivity contribution in [3.05, 3.63) is 29.3 Å². The molecule has 3 N–H and O–H groups in total. The van der Waals surface area contributed by atoms with Crippen LogP contribution in [0.25, 0.3) is 0 Å². The Morgan fingerprint density at radius 2 is 2.12 bits per heavy atom. The van der Waals surface area contributed by atoms with E-state index in [0.717, 1.165) is 17.7 Å². The van der Waals surface area contributed by atoms with E-state index < -0.39 is 0 Å². The normalized spacial score (nSPS) is 17.1. The lowest BCUT2D eigenvalue weighted by Crippen LogP contribution is -2.46. The number of hydrogen-bond acceptors (Lipinski definition) is 4. The zero-order valence-corrected chi connectivity index (χ0v) is 15.8. The molecule has 0 saturated carbocycles. The minimum absolute atomic E-state index is 0. The quantitative estimate of drug-likeness (QED) is 0.728. The van der Waals surface area contributed by atoms with Crippen LogP contribution in [0, 0.1) is 5.92 Å². The number of benzene rings is 1. The zero-order valence-electron chi connectivity index (χ0n) is 13.4. The monoisotopic (exact) mass is 391 g/mol. The summed E-state index contributed by atoms with van der Waals surface area (Å²) in [5.41, 5.74) is 5.40. The molecule has 5 nitrogen and oxygen atoms in total. The molecule has 2 rings (SSSR count). The minimum atomic E-state index is -0.135. The van der Waals surface area contributed by atoms with Gasteiger partial charge in [-0.05, 0) is 25.0 Å². The molecule has 0 spiro atoms. The number of rotatable bonds is 6. The zero-order chi connectivity index (χ0) is 16.7. The van der Waals surface area contributed by atoms with Gasteiger partial charge in [0.05, 0.1) is 16.7 Å². The number of nitrogens with two attached hydrogens (primary N) is 1. The molecule has 24 heavy (non-hydrogen) atoms. The van der Waals surface area contributed by atoms with Crippen molar-refractivity contribution in [2.75, 3.05) is 31.9 Å². The Hall–Kier alpha value is -0.950. The summed E-state index contributed by atoms with van der Waals surface area (Å²) in [6, 6.07) is 7.48. The second kappa shape index (κ2) is 10.8. The number of nitrogens with one attached hydrogen (secondary N) is 1. The summed E-state index contributed by atoms with van der Waals surface area (Å²) >= 11 is 7.53.